The van der Waals surface area contributed by atoms with Gasteiger partial charge in [0, 0.05) is 7.05 Å². The second-order valence-electron chi connectivity index (χ2n) is 3.63. The Hall–Kier alpha value is -1.63. The van der Waals surface area contributed by atoms with Crippen LogP contribution in [0, 0.1) is 0 Å². The number of alkyl halides is 1. The van der Waals surface area contributed by atoms with Gasteiger partial charge in [0.05, 0.1) is 6.42 Å². The lowest BCUT2D eigenvalue weighted by Gasteiger charge is -2.11. The van der Waals surface area contributed by atoms with Crippen LogP contribution >= 0.6 is 11.6 Å². The molecule has 0 spiro atoms. The first-order valence-corrected chi connectivity index (χ1v) is 5.32. The van der Waals surface area contributed by atoms with Crippen LogP contribution in [0.15, 0.2) is 0 Å². The van der Waals surface area contributed by atoms with Crippen LogP contribution in [0.1, 0.15) is 13.3 Å². The lowest BCUT2D eigenvalue weighted by Crippen LogP contribution is -2.48. The summed E-state index contributed by atoms with van der Waals surface area (Å²) in [5.74, 6) is -1.55. The molecule has 1 heterocycles. The molecule has 1 fully saturated rings. The second-order valence-corrected chi connectivity index (χ2v) is 4.28. The van der Waals surface area contributed by atoms with Crippen molar-refractivity contribution < 1.29 is 19.2 Å². The molecule has 0 radical (unpaired) electrons. The van der Waals surface area contributed by atoms with Crippen molar-refractivity contribution in [2.24, 2.45) is 0 Å². The summed E-state index contributed by atoms with van der Waals surface area (Å²) in [6.07, 6.45) is -0.104. The Morgan fingerprint density at radius 3 is 2.47 bits per heavy atom. The summed E-state index contributed by atoms with van der Waals surface area (Å²) < 4.78 is 0. The molecular formula is C9H12ClN3O4. The molecular weight excluding hydrogens is 250 g/mol. The van der Waals surface area contributed by atoms with E-state index in [4.69, 9.17) is 11.6 Å². The number of rotatable bonds is 2. The zero-order chi connectivity index (χ0) is 13.2. The Bertz CT molecular complexity index is 382. The highest BCUT2D eigenvalue weighted by Crippen LogP contribution is 2.10. The minimum atomic E-state index is -0.925. The minimum Gasteiger partial charge on any atom is -0.325 e. The average Bonchev–Trinajstić information content (AvgIpc) is 2.46. The van der Waals surface area contributed by atoms with E-state index in [0.29, 0.717) is 0 Å². The van der Waals surface area contributed by atoms with Gasteiger partial charge >= 0.3 is 6.03 Å². The van der Waals surface area contributed by atoms with Gasteiger partial charge in [-0.3, -0.25) is 24.6 Å². The van der Waals surface area contributed by atoms with Crippen molar-refractivity contribution >= 4 is 35.4 Å². The third-order valence-corrected chi connectivity index (χ3v) is 2.48. The number of nitrogens with one attached hydrogen (secondary N) is 2. The molecule has 2 N–H and O–H groups in total. The van der Waals surface area contributed by atoms with Crippen LogP contribution in [0.3, 0.4) is 0 Å². The molecule has 0 aromatic rings. The number of hydrogen-bond donors (Lipinski definition) is 2. The van der Waals surface area contributed by atoms with Crippen molar-refractivity contribution in [1.82, 2.24) is 15.5 Å². The van der Waals surface area contributed by atoms with E-state index >= 15 is 0 Å². The summed E-state index contributed by atoms with van der Waals surface area (Å²) in [7, 11) is 1.33. The van der Waals surface area contributed by atoms with E-state index in [9.17, 15) is 19.2 Å². The summed E-state index contributed by atoms with van der Waals surface area (Å²) >= 11 is 5.44. The fourth-order valence-electron chi connectivity index (χ4n) is 1.27. The molecule has 8 heteroatoms. The summed E-state index contributed by atoms with van der Waals surface area (Å²) in [4.78, 5) is 45.9. The van der Waals surface area contributed by atoms with Gasteiger partial charge in [-0.25, -0.2) is 4.79 Å². The number of carbonyl (C=O) groups is 4. The van der Waals surface area contributed by atoms with Gasteiger partial charge in [0.25, 0.3) is 5.91 Å². The highest BCUT2D eigenvalue weighted by atomic mass is 35.5. The fourth-order valence-corrected chi connectivity index (χ4v) is 1.33. The van der Waals surface area contributed by atoms with Crippen LogP contribution in [-0.4, -0.2) is 47.1 Å². The van der Waals surface area contributed by atoms with Crippen LogP contribution in [0.2, 0.25) is 0 Å². The third-order valence-electron chi connectivity index (χ3n) is 2.28. The lowest BCUT2D eigenvalue weighted by molar-refractivity contribution is -0.137. The summed E-state index contributed by atoms with van der Waals surface area (Å²) in [6, 6.07) is -1.77. The molecule has 1 aliphatic heterocycles. The van der Waals surface area contributed by atoms with Gasteiger partial charge in [0.15, 0.2) is 0 Å². The van der Waals surface area contributed by atoms with Crippen LogP contribution in [0.5, 0.6) is 0 Å². The highest BCUT2D eigenvalue weighted by molar-refractivity contribution is 6.31. The summed E-state index contributed by atoms with van der Waals surface area (Å²) in [6.45, 7) is 1.40. The highest BCUT2D eigenvalue weighted by Gasteiger charge is 2.37. The number of halogens is 1. The molecule has 0 bridgehead atoms. The Kier molecular flexibility index (Phi) is 4.06. The van der Waals surface area contributed by atoms with Gasteiger partial charge in [0.2, 0.25) is 11.8 Å². The van der Waals surface area contributed by atoms with Gasteiger partial charge in [-0.2, -0.15) is 0 Å². The van der Waals surface area contributed by atoms with Crippen LogP contribution in [0.4, 0.5) is 4.79 Å². The molecule has 0 aromatic carbocycles. The summed E-state index contributed by atoms with van der Waals surface area (Å²) in [5.41, 5.74) is 0. The number of imide groups is 2. The van der Waals surface area contributed by atoms with Gasteiger partial charge < -0.3 is 5.32 Å². The number of hydrogen-bond acceptors (Lipinski definition) is 4. The smallest absolute Gasteiger partial charge is 0.322 e. The van der Waals surface area contributed by atoms with E-state index in [1.165, 1.54) is 14.0 Å². The number of likely N-dealkylation sites (N-methyl/N-ethyl adjacent to an activating group) is 1. The molecule has 0 aromatic heterocycles. The van der Waals surface area contributed by atoms with Gasteiger partial charge in [-0.1, -0.05) is 0 Å². The average molecular weight is 262 g/mol. The van der Waals surface area contributed by atoms with Crippen molar-refractivity contribution in [1.29, 1.82) is 0 Å². The first-order valence-electron chi connectivity index (χ1n) is 4.88. The number of amides is 5. The monoisotopic (exact) mass is 261 g/mol. The predicted molar refractivity (Wildman–Crippen MR) is 58.2 cm³/mol. The first-order chi connectivity index (χ1) is 7.82. The SMILES string of the molecule is CC(Cl)C(=O)NC(=O)NC1CC(=O)N(C)C1=O. The Morgan fingerprint density at radius 2 is 2.06 bits per heavy atom. The van der Waals surface area contributed by atoms with Crippen LogP contribution in [-0.2, 0) is 14.4 Å². The predicted octanol–water partition coefficient (Wildman–Crippen LogP) is -0.803. The molecule has 5 amide bonds. The van der Waals surface area contributed by atoms with E-state index in [1.807, 2.05) is 5.32 Å². The molecule has 1 aliphatic rings. The van der Waals surface area contributed by atoms with Crippen molar-refractivity contribution in [2.75, 3.05) is 7.05 Å². The topological polar surface area (TPSA) is 95.6 Å². The quantitative estimate of drug-likeness (QED) is 0.502. The molecule has 1 saturated heterocycles. The first kappa shape index (κ1) is 13.4. The molecule has 2 unspecified atom stereocenters. The van der Waals surface area contributed by atoms with Gasteiger partial charge in [0.1, 0.15) is 11.4 Å². The number of carbonyl (C=O) groups excluding carboxylic acids is 4. The van der Waals surface area contributed by atoms with E-state index in [0.717, 1.165) is 4.90 Å². The van der Waals surface area contributed by atoms with Crippen molar-refractivity contribution in [3.8, 4) is 0 Å². The second kappa shape index (κ2) is 5.13. The molecule has 7 nitrogen and oxygen atoms in total. The molecule has 1 rings (SSSR count). The molecule has 17 heavy (non-hydrogen) atoms. The number of urea groups is 1. The maximum absolute atomic E-state index is 11.4. The van der Waals surface area contributed by atoms with Crippen molar-refractivity contribution in [3.63, 3.8) is 0 Å². The molecule has 2 atom stereocenters. The fraction of sp³-hybridized carbons (Fsp3) is 0.556. The largest absolute Gasteiger partial charge is 0.325 e. The zero-order valence-electron chi connectivity index (χ0n) is 9.32. The minimum absolute atomic E-state index is 0.104. The lowest BCUT2D eigenvalue weighted by atomic mass is 10.2. The molecule has 0 saturated carbocycles. The number of likely N-dealkylation sites (tertiary alicyclic amines) is 1. The maximum Gasteiger partial charge on any atom is 0.322 e. The third kappa shape index (κ3) is 3.16. The normalized spacial score (nSPS) is 21.4. The Labute approximate surface area is 102 Å². The van der Waals surface area contributed by atoms with E-state index in [-0.39, 0.29) is 12.3 Å². The van der Waals surface area contributed by atoms with Crippen molar-refractivity contribution in [3.05, 3.63) is 0 Å². The Morgan fingerprint density at radius 1 is 1.47 bits per heavy atom. The molecule has 0 aliphatic carbocycles. The van der Waals surface area contributed by atoms with E-state index in [2.05, 4.69) is 5.32 Å². The van der Waals surface area contributed by atoms with E-state index < -0.39 is 29.3 Å². The summed E-state index contributed by atoms with van der Waals surface area (Å²) in [5, 5.41) is 3.33. The zero-order valence-corrected chi connectivity index (χ0v) is 10.1. The maximum atomic E-state index is 11.4. The number of nitrogens with zero attached hydrogens (tertiary/aromatic N) is 1. The van der Waals surface area contributed by atoms with Gasteiger partial charge in [-0.05, 0) is 6.92 Å². The van der Waals surface area contributed by atoms with Crippen LogP contribution < -0.4 is 10.6 Å². The van der Waals surface area contributed by atoms with Gasteiger partial charge in [-0.15, -0.1) is 11.6 Å². The Balaban J connectivity index is 2.51. The standard InChI is InChI=1S/C9H12ClN3O4/c1-4(10)7(15)12-9(17)11-5-3-6(14)13(2)8(5)16/h4-5H,3H2,1-2H3,(H2,11,12,15,17). The van der Waals surface area contributed by atoms with Crippen molar-refractivity contribution in [2.45, 2.75) is 24.8 Å². The van der Waals surface area contributed by atoms with E-state index in [1.54, 1.807) is 0 Å². The molecule has 94 valence electrons. The van der Waals surface area contributed by atoms with Crippen LogP contribution in [0.25, 0.3) is 0 Å².